The lowest BCUT2D eigenvalue weighted by Gasteiger charge is -2.35. The van der Waals surface area contributed by atoms with E-state index in [1.165, 1.54) is 6.42 Å². The Morgan fingerprint density at radius 3 is 2.52 bits per heavy atom. The predicted octanol–water partition coefficient (Wildman–Crippen LogP) is 2.58. The molecule has 3 atom stereocenters. The monoisotopic (exact) mass is 320 g/mol. The van der Waals surface area contributed by atoms with Crippen molar-refractivity contribution in [2.75, 3.05) is 6.61 Å². The number of carbonyl (C=O) groups is 3. The molecule has 3 unspecified atom stereocenters. The Bertz CT molecular complexity index is 530. The Morgan fingerprint density at radius 2 is 1.96 bits per heavy atom. The standard InChI is InChI=1S/C18H24O5/c1-2-18(8-4-3-5-9-18)23-15(19)11-22-17(21)14-10-12-6-7-13(14)16(12)20/h6-7,12-14H,2-5,8-11H2,1H3. The number of esters is 2. The van der Waals surface area contributed by atoms with E-state index in [-0.39, 0.29) is 29.8 Å². The second kappa shape index (κ2) is 6.46. The van der Waals surface area contributed by atoms with E-state index in [2.05, 4.69) is 0 Å². The van der Waals surface area contributed by atoms with E-state index in [1.807, 2.05) is 13.0 Å². The summed E-state index contributed by atoms with van der Waals surface area (Å²) in [5, 5.41) is 0. The number of carbonyl (C=O) groups excluding carboxylic acids is 3. The van der Waals surface area contributed by atoms with Crippen molar-refractivity contribution < 1.29 is 23.9 Å². The first-order valence-corrected chi connectivity index (χ1v) is 8.65. The summed E-state index contributed by atoms with van der Waals surface area (Å²) in [6.07, 6.45) is 10.0. The number of allylic oxidation sites excluding steroid dienone is 2. The highest BCUT2D eigenvalue weighted by Gasteiger charge is 2.47. The topological polar surface area (TPSA) is 69.7 Å². The average molecular weight is 320 g/mol. The van der Waals surface area contributed by atoms with E-state index in [9.17, 15) is 14.4 Å². The maximum absolute atomic E-state index is 12.1. The minimum Gasteiger partial charge on any atom is -0.457 e. The third-order valence-corrected chi connectivity index (χ3v) is 5.56. The van der Waals surface area contributed by atoms with Gasteiger partial charge in [-0.05, 0) is 38.5 Å². The van der Waals surface area contributed by atoms with Gasteiger partial charge in [-0.3, -0.25) is 9.59 Å². The molecule has 5 nitrogen and oxygen atoms in total. The van der Waals surface area contributed by atoms with E-state index in [0.29, 0.717) is 6.42 Å². The summed E-state index contributed by atoms with van der Waals surface area (Å²) in [7, 11) is 0. The van der Waals surface area contributed by atoms with Gasteiger partial charge in [0.05, 0.1) is 5.92 Å². The lowest BCUT2D eigenvalue weighted by atomic mass is 9.83. The van der Waals surface area contributed by atoms with Crippen molar-refractivity contribution in [3.05, 3.63) is 12.2 Å². The number of rotatable bonds is 5. The third kappa shape index (κ3) is 3.19. The molecular weight excluding hydrogens is 296 g/mol. The van der Waals surface area contributed by atoms with Crippen LogP contribution in [0, 0.1) is 17.8 Å². The highest BCUT2D eigenvalue weighted by molar-refractivity contribution is 5.97. The zero-order valence-corrected chi connectivity index (χ0v) is 13.6. The van der Waals surface area contributed by atoms with Crippen LogP contribution in [0.4, 0.5) is 0 Å². The molecule has 3 aliphatic rings. The van der Waals surface area contributed by atoms with Crippen molar-refractivity contribution >= 4 is 17.7 Å². The molecule has 0 amide bonds. The largest absolute Gasteiger partial charge is 0.457 e. The molecule has 2 fully saturated rings. The van der Waals surface area contributed by atoms with Crippen LogP contribution in [0.15, 0.2) is 12.2 Å². The molecule has 5 heteroatoms. The molecular formula is C18H24O5. The van der Waals surface area contributed by atoms with Crippen molar-refractivity contribution in [3.8, 4) is 0 Å². The van der Waals surface area contributed by atoms with Crippen molar-refractivity contribution in [2.24, 2.45) is 17.8 Å². The molecule has 0 heterocycles. The van der Waals surface area contributed by atoms with Gasteiger partial charge in [-0.15, -0.1) is 0 Å². The lowest BCUT2D eigenvalue weighted by molar-refractivity contribution is -0.175. The molecule has 2 bridgehead atoms. The summed E-state index contributed by atoms with van der Waals surface area (Å²) in [5.74, 6) is -1.77. The molecule has 3 rings (SSSR count). The number of hydrogen-bond acceptors (Lipinski definition) is 5. The smallest absolute Gasteiger partial charge is 0.344 e. The van der Waals surface area contributed by atoms with Crippen LogP contribution < -0.4 is 0 Å². The molecule has 0 aliphatic heterocycles. The fourth-order valence-corrected chi connectivity index (χ4v) is 4.11. The fraction of sp³-hybridized carbons (Fsp3) is 0.722. The highest BCUT2D eigenvalue weighted by atomic mass is 16.6. The van der Waals surface area contributed by atoms with E-state index in [1.54, 1.807) is 6.08 Å². The number of ether oxygens (including phenoxy) is 2. The van der Waals surface area contributed by atoms with Gasteiger partial charge >= 0.3 is 11.9 Å². The first-order chi connectivity index (χ1) is 11.0. The van der Waals surface area contributed by atoms with Crippen molar-refractivity contribution in [1.29, 1.82) is 0 Å². The second-order valence-electron chi connectivity index (χ2n) is 6.94. The first-order valence-electron chi connectivity index (χ1n) is 8.65. The van der Waals surface area contributed by atoms with Crippen LogP contribution in [0.25, 0.3) is 0 Å². The highest BCUT2D eigenvalue weighted by Crippen LogP contribution is 2.41. The molecule has 0 aromatic carbocycles. The summed E-state index contributed by atoms with van der Waals surface area (Å²) in [6, 6.07) is 0. The van der Waals surface area contributed by atoms with Crippen molar-refractivity contribution in [3.63, 3.8) is 0 Å². The molecule has 0 saturated heterocycles. The van der Waals surface area contributed by atoms with Gasteiger partial charge in [-0.25, -0.2) is 4.79 Å². The molecule has 0 spiro atoms. The SMILES string of the molecule is CCC1(OC(=O)COC(=O)C2CC3C=CC2C3=O)CCCCC1. The molecule has 0 aromatic rings. The minimum absolute atomic E-state index is 0.0988. The molecule has 0 aromatic heterocycles. The number of ketones is 1. The van der Waals surface area contributed by atoms with E-state index < -0.39 is 17.9 Å². The van der Waals surface area contributed by atoms with Crippen LogP contribution in [0.5, 0.6) is 0 Å². The Kier molecular flexibility index (Phi) is 4.55. The lowest BCUT2D eigenvalue weighted by Crippen LogP contribution is -2.38. The summed E-state index contributed by atoms with van der Waals surface area (Å²) in [6.45, 7) is 1.67. The van der Waals surface area contributed by atoms with E-state index >= 15 is 0 Å². The zero-order valence-electron chi connectivity index (χ0n) is 13.6. The average Bonchev–Trinajstić information content (AvgIpc) is 3.08. The van der Waals surface area contributed by atoms with Crippen LogP contribution in [0.2, 0.25) is 0 Å². The number of fused-ring (bicyclic) bond motifs is 2. The molecule has 3 aliphatic carbocycles. The van der Waals surface area contributed by atoms with Crippen LogP contribution in [-0.4, -0.2) is 29.9 Å². The van der Waals surface area contributed by atoms with E-state index in [0.717, 1.165) is 32.1 Å². The fourth-order valence-electron chi connectivity index (χ4n) is 4.11. The summed E-state index contributed by atoms with van der Waals surface area (Å²) < 4.78 is 10.7. The normalized spacial score (nSPS) is 31.2. The van der Waals surface area contributed by atoms with Crippen LogP contribution in [-0.2, 0) is 23.9 Å². The van der Waals surface area contributed by atoms with Gasteiger partial charge in [0, 0.05) is 11.8 Å². The minimum atomic E-state index is -0.480. The first kappa shape index (κ1) is 16.2. The third-order valence-electron chi connectivity index (χ3n) is 5.56. The van der Waals surface area contributed by atoms with Crippen LogP contribution in [0.1, 0.15) is 51.9 Å². The summed E-state index contributed by atoms with van der Waals surface area (Å²) in [4.78, 5) is 36.0. The predicted molar refractivity (Wildman–Crippen MR) is 82.4 cm³/mol. The summed E-state index contributed by atoms with van der Waals surface area (Å²) in [5.41, 5.74) is -0.382. The Hall–Kier alpha value is -1.65. The maximum Gasteiger partial charge on any atom is 0.344 e. The molecule has 126 valence electrons. The van der Waals surface area contributed by atoms with E-state index in [4.69, 9.17) is 9.47 Å². The van der Waals surface area contributed by atoms with Gasteiger partial charge in [0.1, 0.15) is 11.4 Å². The van der Waals surface area contributed by atoms with Gasteiger partial charge in [0.2, 0.25) is 0 Å². The van der Waals surface area contributed by atoms with Gasteiger partial charge in [0.15, 0.2) is 6.61 Å². The van der Waals surface area contributed by atoms with Crippen molar-refractivity contribution in [2.45, 2.75) is 57.5 Å². The maximum atomic E-state index is 12.1. The number of hydrogen-bond donors (Lipinski definition) is 0. The molecule has 0 radical (unpaired) electrons. The Labute approximate surface area is 136 Å². The van der Waals surface area contributed by atoms with Gasteiger partial charge < -0.3 is 9.47 Å². The van der Waals surface area contributed by atoms with Crippen LogP contribution >= 0.6 is 0 Å². The zero-order chi connectivity index (χ0) is 16.4. The quantitative estimate of drug-likeness (QED) is 0.575. The van der Waals surface area contributed by atoms with Gasteiger partial charge in [-0.2, -0.15) is 0 Å². The van der Waals surface area contributed by atoms with Gasteiger partial charge in [0.25, 0.3) is 0 Å². The molecule has 0 N–H and O–H groups in total. The van der Waals surface area contributed by atoms with Crippen LogP contribution in [0.3, 0.4) is 0 Å². The number of Topliss-reactive ketones (excluding diaryl/α,β-unsaturated/α-hetero) is 1. The van der Waals surface area contributed by atoms with Gasteiger partial charge in [-0.1, -0.05) is 25.5 Å². The second-order valence-corrected chi connectivity index (χ2v) is 6.94. The Morgan fingerprint density at radius 1 is 1.22 bits per heavy atom. The Balaban J connectivity index is 1.48. The summed E-state index contributed by atoms with van der Waals surface area (Å²) >= 11 is 0. The van der Waals surface area contributed by atoms with Crippen molar-refractivity contribution in [1.82, 2.24) is 0 Å². The molecule has 2 saturated carbocycles. The molecule has 23 heavy (non-hydrogen) atoms.